The van der Waals surface area contributed by atoms with Crippen molar-refractivity contribution in [1.29, 1.82) is 0 Å². The second-order valence-corrected chi connectivity index (χ2v) is 4.52. The first-order valence-electron chi connectivity index (χ1n) is 6.94. The quantitative estimate of drug-likeness (QED) is 0.775. The van der Waals surface area contributed by atoms with E-state index in [-0.39, 0.29) is 0 Å². The molecular weight excluding hydrogens is 250 g/mol. The van der Waals surface area contributed by atoms with Gasteiger partial charge in [-0.25, -0.2) is 0 Å². The highest BCUT2D eigenvalue weighted by atomic mass is 16.5. The van der Waals surface area contributed by atoms with E-state index < -0.39 is 0 Å². The summed E-state index contributed by atoms with van der Waals surface area (Å²) >= 11 is 0. The zero-order valence-electron chi connectivity index (χ0n) is 12.1. The van der Waals surface area contributed by atoms with Gasteiger partial charge in [-0.15, -0.1) is 0 Å². The number of aryl methyl sites for hydroxylation is 1. The highest BCUT2D eigenvalue weighted by Gasteiger charge is 2.01. The second-order valence-electron chi connectivity index (χ2n) is 4.52. The van der Waals surface area contributed by atoms with Crippen molar-refractivity contribution in [3.05, 3.63) is 54.1 Å². The average molecular weight is 271 g/mol. The third kappa shape index (κ3) is 4.19. The van der Waals surface area contributed by atoms with Gasteiger partial charge < -0.3 is 14.8 Å². The zero-order valence-corrected chi connectivity index (χ0v) is 12.1. The molecule has 0 aliphatic carbocycles. The molecule has 0 fully saturated rings. The molecule has 1 N–H and O–H groups in total. The third-order valence-electron chi connectivity index (χ3n) is 2.86. The fourth-order valence-electron chi connectivity index (χ4n) is 1.95. The molecule has 2 aromatic carbocycles. The van der Waals surface area contributed by atoms with E-state index in [4.69, 9.17) is 9.47 Å². The zero-order chi connectivity index (χ0) is 14.2. The summed E-state index contributed by atoms with van der Waals surface area (Å²) in [6, 6.07) is 16.0. The highest BCUT2D eigenvalue weighted by Crippen LogP contribution is 2.23. The maximum Gasteiger partial charge on any atom is 0.142 e. The van der Waals surface area contributed by atoms with E-state index >= 15 is 0 Å². The first-order chi connectivity index (χ1) is 9.79. The van der Waals surface area contributed by atoms with Crippen LogP contribution >= 0.6 is 0 Å². The molecule has 0 heterocycles. The Balaban J connectivity index is 1.81. The van der Waals surface area contributed by atoms with Gasteiger partial charge in [-0.05, 0) is 43.7 Å². The van der Waals surface area contributed by atoms with Gasteiger partial charge in [-0.2, -0.15) is 0 Å². The van der Waals surface area contributed by atoms with Gasteiger partial charge in [0, 0.05) is 6.54 Å². The minimum Gasteiger partial charge on any atom is -0.492 e. The van der Waals surface area contributed by atoms with E-state index in [1.165, 1.54) is 5.56 Å². The second kappa shape index (κ2) is 7.43. The summed E-state index contributed by atoms with van der Waals surface area (Å²) in [5.74, 6) is 1.79. The molecule has 0 saturated heterocycles. The molecule has 2 rings (SSSR count). The summed E-state index contributed by atoms with van der Waals surface area (Å²) in [6.07, 6.45) is 0. The summed E-state index contributed by atoms with van der Waals surface area (Å²) in [5, 5.41) is 3.33. The highest BCUT2D eigenvalue weighted by molar-refractivity contribution is 5.56. The number of para-hydroxylation sites is 2. The number of hydrogen-bond donors (Lipinski definition) is 1. The predicted octanol–water partition coefficient (Wildman–Crippen LogP) is 3.88. The Morgan fingerprint density at radius 1 is 1.00 bits per heavy atom. The van der Waals surface area contributed by atoms with Crippen LogP contribution in [0.2, 0.25) is 0 Å². The molecule has 0 spiro atoms. The number of benzene rings is 2. The number of nitrogens with one attached hydrogen (secondary N) is 1. The van der Waals surface area contributed by atoms with Crippen LogP contribution in [0.25, 0.3) is 0 Å². The molecule has 3 heteroatoms. The van der Waals surface area contributed by atoms with Gasteiger partial charge >= 0.3 is 0 Å². The molecule has 0 aromatic heterocycles. The SMILES string of the molecule is CCOc1ccccc1NCCOc1cccc(C)c1. The Bertz CT molecular complexity index is 540. The van der Waals surface area contributed by atoms with E-state index in [9.17, 15) is 0 Å². The summed E-state index contributed by atoms with van der Waals surface area (Å²) in [6.45, 7) is 6.06. The smallest absolute Gasteiger partial charge is 0.142 e. The average Bonchev–Trinajstić information content (AvgIpc) is 2.46. The molecule has 20 heavy (non-hydrogen) atoms. The van der Waals surface area contributed by atoms with E-state index in [0.29, 0.717) is 13.2 Å². The lowest BCUT2D eigenvalue weighted by Crippen LogP contribution is -2.12. The topological polar surface area (TPSA) is 30.5 Å². The van der Waals surface area contributed by atoms with Crippen molar-refractivity contribution in [2.45, 2.75) is 13.8 Å². The van der Waals surface area contributed by atoms with Gasteiger partial charge in [0.15, 0.2) is 0 Å². The number of rotatable bonds is 7. The Morgan fingerprint density at radius 2 is 1.85 bits per heavy atom. The van der Waals surface area contributed by atoms with Crippen LogP contribution < -0.4 is 14.8 Å². The van der Waals surface area contributed by atoms with Crippen LogP contribution in [0.3, 0.4) is 0 Å². The fraction of sp³-hybridized carbons (Fsp3) is 0.294. The molecule has 0 aliphatic heterocycles. The Morgan fingerprint density at radius 3 is 2.65 bits per heavy atom. The Kier molecular flexibility index (Phi) is 5.30. The van der Waals surface area contributed by atoms with Gasteiger partial charge in [-0.1, -0.05) is 24.3 Å². The van der Waals surface area contributed by atoms with Gasteiger partial charge in [0.05, 0.1) is 12.3 Å². The van der Waals surface area contributed by atoms with Crippen molar-refractivity contribution < 1.29 is 9.47 Å². The standard InChI is InChI=1S/C17H21NO2/c1-3-19-17-10-5-4-9-16(17)18-11-12-20-15-8-6-7-14(2)13-15/h4-10,13,18H,3,11-12H2,1-2H3. The fourth-order valence-corrected chi connectivity index (χ4v) is 1.95. The number of hydrogen-bond acceptors (Lipinski definition) is 3. The van der Waals surface area contributed by atoms with Crippen molar-refractivity contribution in [3.63, 3.8) is 0 Å². The monoisotopic (exact) mass is 271 g/mol. The lowest BCUT2D eigenvalue weighted by Gasteiger charge is -2.12. The van der Waals surface area contributed by atoms with Crippen molar-refractivity contribution in [1.82, 2.24) is 0 Å². The molecule has 0 atom stereocenters. The molecular formula is C17H21NO2. The Hall–Kier alpha value is -2.16. The van der Waals surface area contributed by atoms with Crippen molar-refractivity contribution in [2.24, 2.45) is 0 Å². The first-order valence-corrected chi connectivity index (χ1v) is 6.94. The molecule has 0 radical (unpaired) electrons. The summed E-state index contributed by atoms with van der Waals surface area (Å²) < 4.78 is 11.3. The lowest BCUT2D eigenvalue weighted by molar-refractivity contribution is 0.330. The van der Waals surface area contributed by atoms with Gasteiger partial charge in [0.2, 0.25) is 0 Å². The van der Waals surface area contributed by atoms with Crippen molar-refractivity contribution >= 4 is 5.69 Å². The van der Waals surface area contributed by atoms with E-state index in [1.54, 1.807) is 0 Å². The van der Waals surface area contributed by atoms with Crippen LogP contribution in [-0.4, -0.2) is 19.8 Å². The van der Waals surface area contributed by atoms with E-state index in [2.05, 4.69) is 18.3 Å². The van der Waals surface area contributed by atoms with Crippen molar-refractivity contribution in [3.8, 4) is 11.5 Å². The third-order valence-corrected chi connectivity index (χ3v) is 2.86. The van der Waals surface area contributed by atoms with E-state index in [0.717, 1.165) is 23.7 Å². The maximum atomic E-state index is 5.71. The van der Waals surface area contributed by atoms with Gasteiger partial charge in [-0.3, -0.25) is 0 Å². The van der Waals surface area contributed by atoms with Gasteiger partial charge in [0.1, 0.15) is 18.1 Å². The van der Waals surface area contributed by atoms with Crippen LogP contribution in [0.15, 0.2) is 48.5 Å². The summed E-state index contributed by atoms with van der Waals surface area (Å²) in [4.78, 5) is 0. The molecule has 0 unspecified atom stereocenters. The minimum atomic E-state index is 0.615. The molecule has 0 saturated carbocycles. The molecule has 0 amide bonds. The van der Waals surface area contributed by atoms with Crippen LogP contribution in [0.1, 0.15) is 12.5 Å². The number of anilines is 1. The minimum absolute atomic E-state index is 0.615. The van der Waals surface area contributed by atoms with Gasteiger partial charge in [0.25, 0.3) is 0 Å². The largest absolute Gasteiger partial charge is 0.492 e. The first kappa shape index (κ1) is 14.3. The molecule has 0 bridgehead atoms. The van der Waals surface area contributed by atoms with Crippen LogP contribution in [-0.2, 0) is 0 Å². The Labute approximate surface area is 120 Å². The molecule has 0 aliphatic rings. The van der Waals surface area contributed by atoms with Crippen LogP contribution in [0.4, 0.5) is 5.69 Å². The van der Waals surface area contributed by atoms with Crippen molar-refractivity contribution in [2.75, 3.05) is 25.1 Å². The van der Waals surface area contributed by atoms with E-state index in [1.807, 2.05) is 49.4 Å². The maximum absolute atomic E-state index is 5.71. The van der Waals surface area contributed by atoms with Crippen LogP contribution in [0, 0.1) is 6.92 Å². The lowest BCUT2D eigenvalue weighted by atomic mass is 10.2. The molecule has 3 nitrogen and oxygen atoms in total. The molecule has 2 aromatic rings. The normalized spacial score (nSPS) is 10.1. The number of ether oxygens (including phenoxy) is 2. The van der Waals surface area contributed by atoms with Crippen LogP contribution in [0.5, 0.6) is 11.5 Å². The predicted molar refractivity (Wildman–Crippen MR) is 82.8 cm³/mol. The summed E-state index contributed by atoms with van der Waals surface area (Å²) in [5.41, 5.74) is 2.21. The summed E-state index contributed by atoms with van der Waals surface area (Å²) in [7, 11) is 0. The molecule has 106 valence electrons.